The van der Waals surface area contributed by atoms with Crippen LogP contribution in [0.2, 0.25) is 5.02 Å². The molecular weight excluding hydrogens is 304 g/mol. The minimum atomic E-state index is -0.176. The van der Waals surface area contributed by atoms with Gasteiger partial charge in [0.25, 0.3) is 5.91 Å². The van der Waals surface area contributed by atoms with Crippen LogP contribution in [-0.2, 0) is 0 Å². The normalized spacial score (nSPS) is 19.9. The quantitative estimate of drug-likeness (QED) is 0.821. The molecule has 0 bridgehead atoms. The summed E-state index contributed by atoms with van der Waals surface area (Å²) in [5.74, 6) is 0.264. The first kappa shape index (κ1) is 15.4. The molecule has 2 heterocycles. The average Bonchev–Trinajstić information content (AvgIpc) is 2.91. The van der Waals surface area contributed by atoms with Crippen LogP contribution < -0.4 is 15.8 Å². The lowest BCUT2D eigenvalue weighted by Gasteiger charge is -2.31. The van der Waals surface area contributed by atoms with Gasteiger partial charge in [0.15, 0.2) is 0 Å². The Balaban J connectivity index is 1.71. The summed E-state index contributed by atoms with van der Waals surface area (Å²) < 4.78 is 5.24. The number of anilines is 1. The van der Waals surface area contributed by atoms with Gasteiger partial charge in [-0.2, -0.15) is 0 Å². The van der Waals surface area contributed by atoms with Gasteiger partial charge in [0, 0.05) is 32.2 Å². The third-order valence-electron chi connectivity index (χ3n) is 4.24. The molecule has 0 unspecified atom stereocenters. The van der Waals surface area contributed by atoms with E-state index < -0.39 is 0 Å². The molecule has 1 aromatic carbocycles. The van der Waals surface area contributed by atoms with E-state index in [-0.39, 0.29) is 11.9 Å². The number of fused-ring (bicyclic) bond motifs is 1. The van der Waals surface area contributed by atoms with Gasteiger partial charge in [-0.05, 0) is 18.9 Å². The molecule has 2 fully saturated rings. The first-order chi connectivity index (χ1) is 10.6. The average molecular weight is 325 g/mol. The lowest BCUT2D eigenvalue weighted by molar-refractivity contribution is -0.00111. The summed E-state index contributed by atoms with van der Waals surface area (Å²) in [6, 6.07) is 3.26. The van der Waals surface area contributed by atoms with Crippen LogP contribution in [0.5, 0.6) is 5.75 Å². The molecule has 1 aromatic rings. The monoisotopic (exact) mass is 324 g/mol. The van der Waals surface area contributed by atoms with Crippen molar-refractivity contribution in [3.8, 4) is 5.75 Å². The van der Waals surface area contributed by atoms with Crippen molar-refractivity contribution in [2.75, 3.05) is 39.0 Å². The summed E-state index contributed by atoms with van der Waals surface area (Å²) in [6.45, 7) is 3.86. The number of nitrogens with zero attached hydrogens (tertiary/aromatic N) is 2. The summed E-state index contributed by atoms with van der Waals surface area (Å²) >= 11 is 6.03. The van der Waals surface area contributed by atoms with E-state index in [1.807, 2.05) is 0 Å². The molecule has 22 heavy (non-hydrogen) atoms. The van der Waals surface area contributed by atoms with E-state index in [4.69, 9.17) is 22.1 Å². The number of carbonyl (C=O) groups excluding carboxylic acids is 1. The summed E-state index contributed by atoms with van der Waals surface area (Å²) in [6.07, 6.45) is 2.44. The van der Waals surface area contributed by atoms with Crippen LogP contribution in [0.25, 0.3) is 0 Å². The number of hydrazine groups is 1. The molecule has 2 saturated heterocycles. The second-order valence-corrected chi connectivity index (χ2v) is 6.18. The maximum absolute atomic E-state index is 12.5. The highest BCUT2D eigenvalue weighted by atomic mass is 35.5. The number of amides is 1. The number of rotatable bonds is 3. The highest BCUT2D eigenvalue weighted by Crippen LogP contribution is 2.29. The maximum Gasteiger partial charge on any atom is 0.255 e. The zero-order valence-electron chi connectivity index (χ0n) is 12.6. The zero-order valence-corrected chi connectivity index (χ0v) is 13.4. The molecule has 0 saturated carbocycles. The fourth-order valence-electron chi connectivity index (χ4n) is 3.12. The summed E-state index contributed by atoms with van der Waals surface area (Å²) in [7, 11) is 1.51. The van der Waals surface area contributed by atoms with Crippen molar-refractivity contribution in [3.05, 3.63) is 22.7 Å². The van der Waals surface area contributed by atoms with Gasteiger partial charge in [-0.3, -0.25) is 4.79 Å². The van der Waals surface area contributed by atoms with Crippen LogP contribution in [0.3, 0.4) is 0 Å². The van der Waals surface area contributed by atoms with Crippen molar-refractivity contribution >= 4 is 23.2 Å². The molecule has 1 amide bonds. The molecule has 2 aliphatic rings. The molecule has 0 aliphatic carbocycles. The molecule has 7 heteroatoms. The van der Waals surface area contributed by atoms with Crippen molar-refractivity contribution in [1.82, 2.24) is 15.3 Å². The van der Waals surface area contributed by atoms with E-state index in [1.54, 1.807) is 12.1 Å². The van der Waals surface area contributed by atoms with Crippen LogP contribution in [0, 0.1) is 0 Å². The molecule has 0 aromatic heterocycles. The number of nitrogens with two attached hydrogens (primary N) is 1. The number of nitrogen functional groups attached to an aromatic ring is 1. The smallest absolute Gasteiger partial charge is 0.255 e. The second-order valence-electron chi connectivity index (χ2n) is 5.78. The lowest BCUT2D eigenvalue weighted by atomic mass is 10.1. The van der Waals surface area contributed by atoms with E-state index in [9.17, 15) is 4.79 Å². The van der Waals surface area contributed by atoms with Crippen molar-refractivity contribution in [3.63, 3.8) is 0 Å². The molecule has 120 valence electrons. The Bertz CT molecular complexity index is 567. The molecule has 0 radical (unpaired) electrons. The Morgan fingerprint density at radius 3 is 2.55 bits per heavy atom. The first-order valence-electron chi connectivity index (χ1n) is 7.52. The lowest BCUT2D eigenvalue weighted by Crippen LogP contribution is -2.41. The number of carbonyl (C=O) groups is 1. The second kappa shape index (κ2) is 6.32. The summed E-state index contributed by atoms with van der Waals surface area (Å²) in [5, 5.41) is 8.07. The van der Waals surface area contributed by atoms with Crippen LogP contribution in [0.1, 0.15) is 23.2 Å². The predicted molar refractivity (Wildman–Crippen MR) is 86.1 cm³/mol. The topological polar surface area (TPSA) is 70.8 Å². The van der Waals surface area contributed by atoms with Gasteiger partial charge < -0.3 is 15.8 Å². The van der Waals surface area contributed by atoms with Gasteiger partial charge in [0.2, 0.25) is 0 Å². The molecule has 2 aliphatic heterocycles. The summed E-state index contributed by atoms with van der Waals surface area (Å²) in [4.78, 5) is 12.5. The maximum atomic E-state index is 12.5. The molecule has 3 rings (SSSR count). The van der Waals surface area contributed by atoms with Crippen LogP contribution >= 0.6 is 11.6 Å². The Kier molecular flexibility index (Phi) is 4.42. The Morgan fingerprint density at radius 2 is 1.95 bits per heavy atom. The highest BCUT2D eigenvalue weighted by Gasteiger charge is 2.32. The van der Waals surface area contributed by atoms with Crippen LogP contribution in [0.15, 0.2) is 12.1 Å². The SMILES string of the molecule is COc1cc(N)c(Cl)cc1C(=O)NC1CN2CCCCN2C1. The molecule has 3 N–H and O–H groups in total. The molecule has 6 nitrogen and oxygen atoms in total. The van der Waals surface area contributed by atoms with E-state index in [0.29, 0.717) is 22.0 Å². The van der Waals surface area contributed by atoms with Crippen molar-refractivity contribution in [2.45, 2.75) is 18.9 Å². The van der Waals surface area contributed by atoms with Crippen molar-refractivity contribution in [1.29, 1.82) is 0 Å². The zero-order chi connectivity index (χ0) is 15.7. The van der Waals surface area contributed by atoms with Gasteiger partial charge in [-0.15, -0.1) is 0 Å². The standard InChI is InChI=1S/C15H21ClN4O2/c1-22-14-7-13(17)12(16)6-11(14)15(21)18-10-8-19-4-2-3-5-20(19)9-10/h6-7,10H,2-5,8-9,17H2,1H3,(H,18,21). The number of hydrogen-bond acceptors (Lipinski definition) is 5. The van der Waals surface area contributed by atoms with Crippen LogP contribution in [0.4, 0.5) is 5.69 Å². The Labute approximate surface area is 135 Å². The van der Waals surface area contributed by atoms with E-state index >= 15 is 0 Å². The molecule has 0 spiro atoms. The van der Waals surface area contributed by atoms with Crippen molar-refractivity contribution in [2.24, 2.45) is 0 Å². The summed E-state index contributed by atoms with van der Waals surface area (Å²) in [5.41, 5.74) is 6.57. The van der Waals surface area contributed by atoms with E-state index in [1.165, 1.54) is 20.0 Å². The number of benzene rings is 1. The van der Waals surface area contributed by atoms with E-state index in [0.717, 1.165) is 26.2 Å². The largest absolute Gasteiger partial charge is 0.496 e. The fourth-order valence-corrected chi connectivity index (χ4v) is 3.29. The number of nitrogens with one attached hydrogen (secondary N) is 1. The Morgan fingerprint density at radius 1 is 1.32 bits per heavy atom. The van der Waals surface area contributed by atoms with Crippen LogP contribution in [-0.4, -0.2) is 55.3 Å². The number of methoxy groups -OCH3 is 1. The third kappa shape index (κ3) is 2.99. The minimum absolute atomic E-state index is 0.117. The van der Waals surface area contributed by atoms with Gasteiger partial charge >= 0.3 is 0 Å². The third-order valence-corrected chi connectivity index (χ3v) is 4.57. The van der Waals surface area contributed by atoms with Crippen molar-refractivity contribution < 1.29 is 9.53 Å². The van der Waals surface area contributed by atoms with Gasteiger partial charge in [-0.1, -0.05) is 11.6 Å². The predicted octanol–water partition coefficient (Wildman–Crippen LogP) is 1.36. The number of hydrogen-bond donors (Lipinski definition) is 2. The van der Waals surface area contributed by atoms with Gasteiger partial charge in [0.05, 0.1) is 29.4 Å². The Hall–Kier alpha value is -1.50. The number of ether oxygens (including phenoxy) is 1. The molecular formula is C15H21ClN4O2. The van der Waals surface area contributed by atoms with E-state index in [2.05, 4.69) is 15.3 Å². The van der Waals surface area contributed by atoms with Gasteiger partial charge in [-0.25, -0.2) is 10.0 Å². The molecule has 0 atom stereocenters. The minimum Gasteiger partial charge on any atom is -0.496 e. The number of halogens is 1. The van der Waals surface area contributed by atoms with Gasteiger partial charge in [0.1, 0.15) is 5.75 Å². The fraction of sp³-hybridized carbons (Fsp3) is 0.533. The first-order valence-corrected chi connectivity index (χ1v) is 7.90. The highest BCUT2D eigenvalue weighted by molar-refractivity contribution is 6.33.